The van der Waals surface area contributed by atoms with E-state index >= 15 is 0 Å². The first-order valence-electron chi connectivity index (χ1n) is 3.82. The number of carbonyl (C=O) groups excluding carboxylic acids is 1. The standard InChI is InChI=1S/C9H6BrCl2FO/c10-6-4-8(13)7(11)3-5(6)1-2-9(12)14/h3-4H,1-2H2. The predicted molar refractivity (Wildman–Crippen MR) is 58.3 cm³/mol. The molecule has 0 saturated carbocycles. The molecule has 1 aromatic carbocycles. The van der Waals surface area contributed by atoms with E-state index in [0.29, 0.717) is 10.9 Å². The molecule has 0 N–H and O–H groups in total. The van der Waals surface area contributed by atoms with Crippen LogP contribution in [0, 0.1) is 5.82 Å². The van der Waals surface area contributed by atoms with Gasteiger partial charge in [0.1, 0.15) is 5.82 Å². The van der Waals surface area contributed by atoms with Crippen LogP contribution in [0.15, 0.2) is 16.6 Å². The highest BCUT2D eigenvalue weighted by Gasteiger charge is 2.07. The molecular weight excluding hydrogens is 294 g/mol. The van der Waals surface area contributed by atoms with E-state index in [1.54, 1.807) is 0 Å². The lowest BCUT2D eigenvalue weighted by Crippen LogP contribution is -1.94. The molecule has 0 aliphatic rings. The highest BCUT2D eigenvalue weighted by Crippen LogP contribution is 2.25. The third kappa shape index (κ3) is 3.23. The molecule has 5 heteroatoms. The Labute approximate surface area is 99.3 Å². The summed E-state index contributed by atoms with van der Waals surface area (Å²) < 4.78 is 13.5. The van der Waals surface area contributed by atoms with Gasteiger partial charge in [0, 0.05) is 10.9 Å². The van der Waals surface area contributed by atoms with Gasteiger partial charge >= 0.3 is 0 Å². The van der Waals surface area contributed by atoms with E-state index < -0.39 is 11.1 Å². The minimum Gasteiger partial charge on any atom is -0.281 e. The largest absolute Gasteiger partial charge is 0.281 e. The first-order chi connectivity index (χ1) is 6.50. The van der Waals surface area contributed by atoms with Crippen LogP contribution in [0.25, 0.3) is 0 Å². The van der Waals surface area contributed by atoms with Crippen LogP contribution in [-0.4, -0.2) is 5.24 Å². The fourth-order valence-corrected chi connectivity index (χ4v) is 1.78. The zero-order valence-electron chi connectivity index (χ0n) is 6.99. The van der Waals surface area contributed by atoms with Gasteiger partial charge in [0.05, 0.1) is 5.02 Å². The van der Waals surface area contributed by atoms with Crippen molar-refractivity contribution in [3.63, 3.8) is 0 Å². The number of hydrogen-bond donors (Lipinski definition) is 0. The highest BCUT2D eigenvalue weighted by molar-refractivity contribution is 9.10. The van der Waals surface area contributed by atoms with Crippen molar-refractivity contribution in [2.75, 3.05) is 0 Å². The second kappa shape index (κ2) is 5.10. The van der Waals surface area contributed by atoms with Crippen molar-refractivity contribution in [2.45, 2.75) is 12.8 Å². The molecule has 0 fully saturated rings. The molecule has 0 aromatic heterocycles. The van der Waals surface area contributed by atoms with Gasteiger partial charge in [0.25, 0.3) is 0 Å². The van der Waals surface area contributed by atoms with Gasteiger partial charge in [0.2, 0.25) is 5.24 Å². The van der Waals surface area contributed by atoms with E-state index in [1.165, 1.54) is 12.1 Å². The second-order valence-corrected chi connectivity index (χ2v) is 4.40. The Hall–Kier alpha value is -0.120. The number of halogens is 4. The van der Waals surface area contributed by atoms with Gasteiger partial charge < -0.3 is 0 Å². The van der Waals surface area contributed by atoms with Crippen molar-refractivity contribution in [2.24, 2.45) is 0 Å². The smallest absolute Gasteiger partial charge is 0.221 e. The van der Waals surface area contributed by atoms with E-state index in [4.69, 9.17) is 23.2 Å². The Morgan fingerprint density at radius 2 is 2.14 bits per heavy atom. The molecule has 1 aromatic rings. The molecular formula is C9H6BrCl2FO. The van der Waals surface area contributed by atoms with Gasteiger partial charge in [-0.1, -0.05) is 27.5 Å². The van der Waals surface area contributed by atoms with Crippen LogP contribution in [-0.2, 0) is 11.2 Å². The normalized spacial score (nSPS) is 10.3. The Morgan fingerprint density at radius 3 is 2.71 bits per heavy atom. The van der Waals surface area contributed by atoms with Crippen LogP contribution < -0.4 is 0 Å². The zero-order valence-corrected chi connectivity index (χ0v) is 10.1. The Kier molecular flexibility index (Phi) is 4.35. The highest BCUT2D eigenvalue weighted by atomic mass is 79.9. The predicted octanol–water partition coefficient (Wildman–Crippen LogP) is 3.94. The quantitative estimate of drug-likeness (QED) is 0.610. The Morgan fingerprint density at radius 1 is 1.50 bits per heavy atom. The summed E-state index contributed by atoms with van der Waals surface area (Å²) >= 11 is 14.0. The average Bonchev–Trinajstić information content (AvgIpc) is 2.09. The molecule has 1 rings (SSSR count). The summed E-state index contributed by atoms with van der Waals surface area (Å²) in [4.78, 5) is 10.5. The summed E-state index contributed by atoms with van der Waals surface area (Å²) in [7, 11) is 0. The van der Waals surface area contributed by atoms with Crippen molar-refractivity contribution in [3.8, 4) is 0 Å². The molecule has 0 radical (unpaired) electrons. The maximum atomic E-state index is 12.9. The fourth-order valence-electron chi connectivity index (χ4n) is 0.988. The topological polar surface area (TPSA) is 17.1 Å². The lowest BCUT2D eigenvalue weighted by atomic mass is 10.1. The van der Waals surface area contributed by atoms with E-state index in [0.717, 1.165) is 5.56 Å². The maximum Gasteiger partial charge on any atom is 0.221 e. The molecule has 0 spiro atoms. The zero-order chi connectivity index (χ0) is 10.7. The Balaban J connectivity index is 2.87. The number of carbonyl (C=O) groups is 1. The summed E-state index contributed by atoms with van der Waals surface area (Å²) in [6.45, 7) is 0. The molecule has 0 saturated heterocycles. The monoisotopic (exact) mass is 298 g/mol. The minimum atomic E-state index is -0.487. The molecule has 14 heavy (non-hydrogen) atoms. The third-order valence-electron chi connectivity index (χ3n) is 1.68. The number of hydrogen-bond acceptors (Lipinski definition) is 1. The Bertz CT molecular complexity index is 368. The molecule has 0 atom stereocenters. The van der Waals surface area contributed by atoms with Crippen LogP contribution in [0.5, 0.6) is 0 Å². The summed E-state index contributed by atoms with van der Waals surface area (Å²) in [6, 6.07) is 2.76. The molecule has 0 aliphatic heterocycles. The van der Waals surface area contributed by atoms with Crippen LogP contribution in [0.3, 0.4) is 0 Å². The summed E-state index contributed by atoms with van der Waals surface area (Å²) in [6.07, 6.45) is 0.658. The third-order valence-corrected chi connectivity index (χ3v) is 2.90. The number of benzene rings is 1. The van der Waals surface area contributed by atoms with Crippen molar-refractivity contribution in [1.29, 1.82) is 0 Å². The van der Waals surface area contributed by atoms with Crippen molar-refractivity contribution in [3.05, 3.63) is 33.0 Å². The van der Waals surface area contributed by atoms with Crippen LogP contribution in [0.4, 0.5) is 4.39 Å². The van der Waals surface area contributed by atoms with E-state index in [2.05, 4.69) is 15.9 Å². The summed E-state index contributed by atoms with van der Waals surface area (Å²) in [5, 5.41) is -0.373. The van der Waals surface area contributed by atoms with Crippen LogP contribution in [0.2, 0.25) is 5.02 Å². The lowest BCUT2D eigenvalue weighted by molar-refractivity contribution is -0.111. The van der Waals surface area contributed by atoms with E-state index in [1.807, 2.05) is 0 Å². The molecule has 76 valence electrons. The lowest BCUT2D eigenvalue weighted by Gasteiger charge is -2.04. The van der Waals surface area contributed by atoms with Gasteiger partial charge in [-0.2, -0.15) is 0 Å². The van der Waals surface area contributed by atoms with Crippen molar-refractivity contribution >= 4 is 44.4 Å². The fraction of sp³-hybridized carbons (Fsp3) is 0.222. The maximum absolute atomic E-state index is 12.9. The first kappa shape index (κ1) is 12.0. The average molecular weight is 300 g/mol. The number of rotatable bonds is 3. The molecule has 0 amide bonds. The molecule has 0 bridgehead atoms. The van der Waals surface area contributed by atoms with E-state index in [-0.39, 0.29) is 11.4 Å². The van der Waals surface area contributed by atoms with E-state index in [9.17, 15) is 9.18 Å². The van der Waals surface area contributed by atoms with Gasteiger partial charge in [-0.05, 0) is 35.7 Å². The molecule has 0 heterocycles. The second-order valence-electron chi connectivity index (χ2n) is 2.71. The summed E-state index contributed by atoms with van der Waals surface area (Å²) in [5.74, 6) is -0.487. The number of aryl methyl sites for hydroxylation is 1. The van der Waals surface area contributed by atoms with Gasteiger partial charge in [-0.25, -0.2) is 4.39 Å². The van der Waals surface area contributed by atoms with Crippen LogP contribution >= 0.6 is 39.1 Å². The summed E-state index contributed by atoms with van der Waals surface area (Å²) in [5.41, 5.74) is 0.769. The van der Waals surface area contributed by atoms with Crippen molar-refractivity contribution < 1.29 is 9.18 Å². The van der Waals surface area contributed by atoms with Gasteiger partial charge in [0.15, 0.2) is 0 Å². The molecule has 1 nitrogen and oxygen atoms in total. The molecule has 0 unspecified atom stereocenters. The minimum absolute atomic E-state index is 0.0465. The SMILES string of the molecule is O=C(Cl)CCc1cc(Cl)c(F)cc1Br. The molecule has 0 aliphatic carbocycles. The van der Waals surface area contributed by atoms with Gasteiger partial charge in [-0.3, -0.25) is 4.79 Å². The van der Waals surface area contributed by atoms with Gasteiger partial charge in [-0.15, -0.1) is 0 Å². The first-order valence-corrected chi connectivity index (χ1v) is 5.37. The van der Waals surface area contributed by atoms with Crippen molar-refractivity contribution in [1.82, 2.24) is 0 Å². The van der Waals surface area contributed by atoms with Crippen LogP contribution in [0.1, 0.15) is 12.0 Å².